The van der Waals surface area contributed by atoms with Crippen molar-refractivity contribution in [1.82, 2.24) is 15.0 Å². The zero-order valence-corrected chi connectivity index (χ0v) is 13.5. The van der Waals surface area contributed by atoms with Crippen LogP contribution in [0.5, 0.6) is 0 Å². The molecule has 1 N–H and O–H groups in total. The minimum atomic E-state index is -0.149. The smallest absolute Gasteiger partial charge is 0.255 e. The topological polar surface area (TPSA) is 59.8 Å². The van der Waals surface area contributed by atoms with E-state index in [4.69, 9.17) is 0 Å². The standard InChI is InChI=1S/C15H13IN4O/c1-2-20-14-8-3-10(9-13(14)18-19-20)15(21)17-12-6-4-11(16)5-7-12/h3-9H,2H2,1H3,(H,17,21). The van der Waals surface area contributed by atoms with Crippen LogP contribution in [-0.4, -0.2) is 20.9 Å². The van der Waals surface area contributed by atoms with E-state index in [2.05, 4.69) is 38.2 Å². The highest BCUT2D eigenvalue weighted by Gasteiger charge is 2.10. The molecule has 3 aromatic rings. The molecule has 0 saturated heterocycles. The number of nitrogens with one attached hydrogen (secondary N) is 1. The van der Waals surface area contributed by atoms with Crippen molar-refractivity contribution in [3.05, 3.63) is 51.6 Å². The molecule has 1 aromatic heterocycles. The summed E-state index contributed by atoms with van der Waals surface area (Å²) in [5.74, 6) is -0.149. The van der Waals surface area contributed by atoms with Gasteiger partial charge in [0.05, 0.1) is 5.52 Å². The number of fused-ring (bicyclic) bond motifs is 1. The van der Waals surface area contributed by atoms with E-state index in [9.17, 15) is 4.79 Å². The minimum Gasteiger partial charge on any atom is -0.322 e. The number of hydrogen-bond donors (Lipinski definition) is 1. The molecule has 0 atom stereocenters. The summed E-state index contributed by atoms with van der Waals surface area (Å²) in [5, 5.41) is 11.0. The molecule has 1 amide bonds. The van der Waals surface area contributed by atoms with E-state index >= 15 is 0 Å². The van der Waals surface area contributed by atoms with Crippen LogP contribution < -0.4 is 5.32 Å². The van der Waals surface area contributed by atoms with E-state index in [0.717, 1.165) is 26.8 Å². The zero-order chi connectivity index (χ0) is 14.8. The molecule has 0 spiro atoms. The van der Waals surface area contributed by atoms with E-state index in [1.54, 1.807) is 16.8 Å². The normalized spacial score (nSPS) is 10.8. The minimum absolute atomic E-state index is 0.149. The van der Waals surface area contributed by atoms with Gasteiger partial charge in [0.25, 0.3) is 5.91 Å². The van der Waals surface area contributed by atoms with E-state index < -0.39 is 0 Å². The Morgan fingerprint density at radius 1 is 1.24 bits per heavy atom. The van der Waals surface area contributed by atoms with Gasteiger partial charge in [-0.1, -0.05) is 5.21 Å². The van der Waals surface area contributed by atoms with Crippen molar-refractivity contribution in [3.63, 3.8) is 0 Å². The third kappa shape index (κ3) is 2.90. The lowest BCUT2D eigenvalue weighted by molar-refractivity contribution is 0.102. The van der Waals surface area contributed by atoms with Gasteiger partial charge in [0.15, 0.2) is 0 Å². The number of anilines is 1. The predicted molar refractivity (Wildman–Crippen MR) is 90.3 cm³/mol. The largest absolute Gasteiger partial charge is 0.322 e. The Kier molecular flexibility index (Phi) is 3.87. The van der Waals surface area contributed by atoms with Crippen molar-refractivity contribution in [3.8, 4) is 0 Å². The fraction of sp³-hybridized carbons (Fsp3) is 0.133. The van der Waals surface area contributed by atoms with Gasteiger partial charge in [-0.25, -0.2) is 4.68 Å². The van der Waals surface area contributed by atoms with Crippen LogP contribution in [0.4, 0.5) is 5.69 Å². The molecule has 0 saturated carbocycles. The Labute approximate surface area is 135 Å². The number of amides is 1. The highest BCUT2D eigenvalue weighted by atomic mass is 127. The summed E-state index contributed by atoms with van der Waals surface area (Å²) < 4.78 is 2.93. The number of carbonyl (C=O) groups is 1. The summed E-state index contributed by atoms with van der Waals surface area (Å²) in [6.07, 6.45) is 0. The molecule has 0 aliphatic carbocycles. The van der Waals surface area contributed by atoms with E-state index in [1.165, 1.54) is 0 Å². The van der Waals surface area contributed by atoms with Crippen molar-refractivity contribution < 1.29 is 4.79 Å². The summed E-state index contributed by atoms with van der Waals surface area (Å²) in [5.41, 5.74) is 3.01. The SMILES string of the molecule is CCn1nnc2cc(C(=O)Nc3ccc(I)cc3)ccc21. The van der Waals surface area contributed by atoms with Gasteiger partial charge < -0.3 is 5.32 Å². The van der Waals surface area contributed by atoms with Gasteiger partial charge >= 0.3 is 0 Å². The van der Waals surface area contributed by atoms with E-state index in [-0.39, 0.29) is 5.91 Å². The van der Waals surface area contributed by atoms with Crippen LogP contribution in [0, 0.1) is 3.57 Å². The number of carbonyl (C=O) groups excluding carboxylic acids is 1. The third-order valence-corrected chi connectivity index (χ3v) is 3.90. The fourth-order valence-corrected chi connectivity index (χ4v) is 2.44. The Bertz CT molecular complexity index is 795. The monoisotopic (exact) mass is 392 g/mol. The summed E-state index contributed by atoms with van der Waals surface area (Å²) in [4.78, 5) is 12.3. The van der Waals surface area contributed by atoms with Crippen LogP contribution in [-0.2, 0) is 6.54 Å². The van der Waals surface area contributed by atoms with E-state index in [1.807, 2.05) is 37.3 Å². The van der Waals surface area contributed by atoms with Crippen molar-refractivity contribution in [2.75, 3.05) is 5.32 Å². The first kappa shape index (κ1) is 14.0. The number of aryl methyl sites for hydroxylation is 1. The van der Waals surface area contributed by atoms with Crippen molar-refractivity contribution in [2.45, 2.75) is 13.5 Å². The highest BCUT2D eigenvalue weighted by Crippen LogP contribution is 2.16. The Morgan fingerprint density at radius 2 is 2.00 bits per heavy atom. The Morgan fingerprint density at radius 3 is 2.71 bits per heavy atom. The quantitative estimate of drug-likeness (QED) is 0.696. The molecule has 106 valence electrons. The Balaban J connectivity index is 1.85. The molecular formula is C15H13IN4O. The maximum absolute atomic E-state index is 12.3. The number of halogens is 1. The van der Waals surface area contributed by atoms with Crippen LogP contribution in [0.15, 0.2) is 42.5 Å². The lowest BCUT2D eigenvalue weighted by Crippen LogP contribution is -2.11. The molecule has 3 rings (SSSR count). The molecule has 0 aliphatic heterocycles. The fourth-order valence-electron chi connectivity index (χ4n) is 2.08. The molecular weight excluding hydrogens is 379 g/mol. The first-order valence-electron chi connectivity index (χ1n) is 6.57. The molecule has 6 heteroatoms. The first-order chi connectivity index (χ1) is 10.2. The predicted octanol–water partition coefficient (Wildman–Crippen LogP) is 3.31. The lowest BCUT2D eigenvalue weighted by atomic mass is 10.2. The number of benzene rings is 2. The molecule has 0 fully saturated rings. The maximum Gasteiger partial charge on any atom is 0.255 e. The third-order valence-electron chi connectivity index (χ3n) is 3.18. The molecule has 0 unspecified atom stereocenters. The van der Waals surface area contributed by atoms with Gasteiger partial charge in [0, 0.05) is 21.4 Å². The van der Waals surface area contributed by atoms with Crippen molar-refractivity contribution in [2.24, 2.45) is 0 Å². The second-order valence-corrected chi connectivity index (χ2v) is 5.82. The maximum atomic E-state index is 12.3. The summed E-state index contributed by atoms with van der Waals surface area (Å²) in [7, 11) is 0. The average molecular weight is 392 g/mol. The van der Waals surface area contributed by atoms with Crippen molar-refractivity contribution in [1.29, 1.82) is 0 Å². The van der Waals surface area contributed by atoms with Gasteiger partial charge in [-0.05, 0) is 72.0 Å². The summed E-state index contributed by atoms with van der Waals surface area (Å²) >= 11 is 2.23. The first-order valence-corrected chi connectivity index (χ1v) is 7.65. The molecule has 5 nitrogen and oxygen atoms in total. The molecule has 0 bridgehead atoms. The number of rotatable bonds is 3. The van der Waals surface area contributed by atoms with Crippen LogP contribution >= 0.6 is 22.6 Å². The van der Waals surface area contributed by atoms with Crippen molar-refractivity contribution >= 4 is 45.2 Å². The van der Waals surface area contributed by atoms with Gasteiger partial charge in [-0.15, -0.1) is 5.10 Å². The van der Waals surface area contributed by atoms with Gasteiger partial charge in [-0.2, -0.15) is 0 Å². The van der Waals surface area contributed by atoms with Crippen LogP contribution in [0.25, 0.3) is 11.0 Å². The number of aromatic nitrogens is 3. The van der Waals surface area contributed by atoms with Gasteiger partial charge in [0.1, 0.15) is 5.52 Å². The molecule has 0 radical (unpaired) electrons. The highest BCUT2D eigenvalue weighted by molar-refractivity contribution is 14.1. The van der Waals surface area contributed by atoms with Crippen LogP contribution in [0.3, 0.4) is 0 Å². The second-order valence-electron chi connectivity index (χ2n) is 4.57. The van der Waals surface area contributed by atoms with E-state index in [0.29, 0.717) is 5.56 Å². The average Bonchev–Trinajstić information content (AvgIpc) is 2.91. The van der Waals surface area contributed by atoms with Crippen LogP contribution in [0.2, 0.25) is 0 Å². The van der Waals surface area contributed by atoms with Gasteiger partial charge in [-0.3, -0.25) is 4.79 Å². The second kappa shape index (κ2) is 5.80. The Hall–Kier alpha value is -1.96. The molecule has 21 heavy (non-hydrogen) atoms. The number of nitrogens with zero attached hydrogens (tertiary/aromatic N) is 3. The molecule has 2 aromatic carbocycles. The summed E-state index contributed by atoms with van der Waals surface area (Å²) in [6, 6.07) is 13.1. The zero-order valence-electron chi connectivity index (χ0n) is 11.4. The lowest BCUT2D eigenvalue weighted by Gasteiger charge is -2.05. The molecule has 0 aliphatic rings. The number of hydrogen-bond acceptors (Lipinski definition) is 3. The van der Waals surface area contributed by atoms with Gasteiger partial charge in [0.2, 0.25) is 0 Å². The molecule has 1 heterocycles. The van der Waals surface area contributed by atoms with Crippen LogP contribution in [0.1, 0.15) is 17.3 Å². The summed E-state index contributed by atoms with van der Waals surface area (Å²) in [6.45, 7) is 2.76.